The number of rotatable bonds is 5. The molecule has 0 aliphatic heterocycles. The molecule has 1 N–H and O–H groups in total. The largest absolute Gasteiger partial charge is 0.435 e. The Labute approximate surface area is 125 Å². The Kier molecular flexibility index (Phi) is 5.11. The zero-order valence-corrected chi connectivity index (χ0v) is 11.6. The molecule has 0 aliphatic carbocycles. The lowest BCUT2D eigenvalue weighted by Gasteiger charge is -2.08. The fraction of sp³-hybridized carbons (Fsp3) is 0.133. The minimum Gasteiger partial charge on any atom is -0.435 e. The average Bonchev–Trinajstić information content (AvgIpc) is 2.49. The van der Waals surface area contributed by atoms with Crippen LogP contribution < -0.4 is 10.1 Å². The Morgan fingerprint density at radius 3 is 2.52 bits per heavy atom. The first-order valence-corrected chi connectivity index (χ1v) is 6.63. The maximum Gasteiger partial charge on any atom is 0.387 e. The van der Waals surface area contributed by atoms with E-state index in [1.54, 1.807) is 18.2 Å². The number of carbonyl (C=O) groups is 1. The van der Waals surface area contributed by atoms with Crippen molar-refractivity contribution >= 4 is 23.2 Å². The lowest BCUT2D eigenvalue weighted by Crippen LogP contribution is -2.12. The number of alkyl halides is 3. The minimum absolute atomic E-state index is 0.0344. The van der Waals surface area contributed by atoms with Gasteiger partial charge in [-0.25, -0.2) is 0 Å². The molecule has 6 heteroatoms. The number of carbonyl (C=O) groups excluding carboxylic acids is 1. The third kappa shape index (κ3) is 4.43. The Hall–Kier alpha value is -2.14. The fourth-order valence-corrected chi connectivity index (χ4v) is 1.88. The lowest BCUT2D eigenvalue weighted by molar-refractivity contribution is -0.0498. The summed E-state index contributed by atoms with van der Waals surface area (Å²) in [7, 11) is 0. The normalized spacial score (nSPS) is 10.5. The number of amides is 1. The number of ether oxygens (including phenoxy) is 1. The highest BCUT2D eigenvalue weighted by molar-refractivity contribution is 6.17. The molecule has 0 fully saturated rings. The molecule has 0 bridgehead atoms. The molecule has 2 rings (SSSR count). The highest BCUT2D eigenvalue weighted by Crippen LogP contribution is 2.18. The van der Waals surface area contributed by atoms with Crippen molar-refractivity contribution in [3.8, 4) is 5.75 Å². The fourth-order valence-electron chi connectivity index (χ4n) is 1.72. The van der Waals surface area contributed by atoms with Gasteiger partial charge in [-0.3, -0.25) is 4.79 Å². The molecule has 0 atom stereocenters. The van der Waals surface area contributed by atoms with E-state index in [2.05, 4.69) is 10.1 Å². The van der Waals surface area contributed by atoms with Crippen LogP contribution in [0, 0.1) is 0 Å². The van der Waals surface area contributed by atoms with Crippen LogP contribution >= 0.6 is 11.6 Å². The zero-order chi connectivity index (χ0) is 15.2. The van der Waals surface area contributed by atoms with E-state index in [1.165, 1.54) is 24.3 Å². The second-order valence-corrected chi connectivity index (χ2v) is 4.46. The molecule has 0 heterocycles. The Balaban J connectivity index is 2.05. The van der Waals surface area contributed by atoms with Crippen molar-refractivity contribution in [3.05, 3.63) is 59.7 Å². The molecule has 2 aromatic rings. The predicted octanol–water partition coefficient (Wildman–Crippen LogP) is 4.28. The standard InChI is InChI=1S/C15H12ClF2NO2/c16-9-10-2-1-3-11(8-10)14(20)19-12-4-6-13(7-5-12)21-15(17)18/h1-8,15H,9H2,(H,19,20). The van der Waals surface area contributed by atoms with Crippen LogP contribution in [0.5, 0.6) is 5.75 Å². The smallest absolute Gasteiger partial charge is 0.387 e. The van der Waals surface area contributed by atoms with Crippen molar-refractivity contribution in [2.24, 2.45) is 0 Å². The third-order valence-corrected chi connectivity index (χ3v) is 2.99. The number of hydrogen-bond donors (Lipinski definition) is 1. The van der Waals surface area contributed by atoms with Crippen molar-refractivity contribution in [1.29, 1.82) is 0 Å². The van der Waals surface area contributed by atoms with Gasteiger partial charge in [0.15, 0.2) is 0 Å². The Morgan fingerprint density at radius 1 is 1.19 bits per heavy atom. The second kappa shape index (κ2) is 7.04. The summed E-state index contributed by atoms with van der Waals surface area (Å²) in [6, 6.07) is 12.6. The van der Waals surface area contributed by atoms with Crippen LogP contribution in [0.1, 0.15) is 15.9 Å². The van der Waals surface area contributed by atoms with Crippen molar-refractivity contribution in [2.75, 3.05) is 5.32 Å². The highest BCUT2D eigenvalue weighted by atomic mass is 35.5. The van der Waals surface area contributed by atoms with E-state index in [-0.39, 0.29) is 11.7 Å². The van der Waals surface area contributed by atoms with Gasteiger partial charge in [-0.15, -0.1) is 11.6 Å². The van der Waals surface area contributed by atoms with Crippen LogP contribution in [0.25, 0.3) is 0 Å². The van der Waals surface area contributed by atoms with Gasteiger partial charge in [0.25, 0.3) is 5.91 Å². The van der Waals surface area contributed by atoms with Gasteiger partial charge in [-0.1, -0.05) is 12.1 Å². The van der Waals surface area contributed by atoms with Crippen LogP contribution in [0.3, 0.4) is 0 Å². The third-order valence-electron chi connectivity index (χ3n) is 2.68. The number of anilines is 1. The Bertz CT molecular complexity index is 617. The first-order valence-electron chi connectivity index (χ1n) is 6.09. The summed E-state index contributed by atoms with van der Waals surface area (Å²) in [4.78, 5) is 12.0. The maximum absolute atomic E-state index is 12.0. The molecule has 0 unspecified atom stereocenters. The number of hydrogen-bond acceptors (Lipinski definition) is 2. The van der Waals surface area contributed by atoms with Crippen molar-refractivity contribution in [1.82, 2.24) is 0 Å². The Morgan fingerprint density at radius 2 is 1.90 bits per heavy atom. The molecule has 0 radical (unpaired) electrons. The quantitative estimate of drug-likeness (QED) is 0.837. The topological polar surface area (TPSA) is 38.3 Å². The molecule has 0 aromatic heterocycles. The monoisotopic (exact) mass is 311 g/mol. The molecule has 110 valence electrons. The summed E-state index contributed by atoms with van der Waals surface area (Å²) in [6.07, 6.45) is 0. The predicted molar refractivity (Wildman–Crippen MR) is 77.0 cm³/mol. The molecule has 0 aliphatic rings. The van der Waals surface area contributed by atoms with Crippen LogP contribution in [0.4, 0.5) is 14.5 Å². The molecule has 2 aromatic carbocycles. The van der Waals surface area contributed by atoms with Gasteiger partial charge in [0.1, 0.15) is 5.75 Å². The van der Waals surface area contributed by atoms with E-state index in [9.17, 15) is 13.6 Å². The minimum atomic E-state index is -2.87. The first kappa shape index (κ1) is 15.3. The van der Waals surface area contributed by atoms with Gasteiger partial charge in [0.2, 0.25) is 0 Å². The summed E-state index contributed by atoms with van der Waals surface area (Å²) in [6.45, 7) is -2.87. The summed E-state index contributed by atoms with van der Waals surface area (Å²) >= 11 is 5.72. The number of nitrogens with one attached hydrogen (secondary N) is 1. The van der Waals surface area contributed by atoms with Crippen LogP contribution in [-0.4, -0.2) is 12.5 Å². The van der Waals surface area contributed by atoms with Crippen molar-refractivity contribution in [3.63, 3.8) is 0 Å². The molecule has 3 nitrogen and oxygen atoms in total. The van der Waals surface area contributed by atoms with E-state index in [1.807, 2.05) is 6.07 Å². The summed E-state index contributed by atoms with van der Waals surface area (Å²) in [5, 5.41) is 2.66. The summed E-state index contributed by atoms with van der Waals surface area (Å²) in [5.74, 6) is 0.0532. The van der Waals surface area contributed by atoms with Gasteiger partial charge in [0, 0.05) is 17.1 Å². The number of halogens is 3. The molecule has 1 amide bonds. The first-order chi connectivity index (χ1) is 10.1. The number of benzene rings is 2. The van der Waals surface area contributed by atoms with Crippen LogP contribution in [0.2, 0.25) is 0 Å². The summed E-state index contributed by atoms with van der Waals surface area (Å²) < 4.78 is 28.3. The SMILES string of the molecule is O=C(Nc1ccc(OC(F)F)cc1)c1cccc(CCl)c1. The zero-order valence-electron chi connectivity index (χ0n) is 10.9. The van der Waals surface area contributed by atoms with Gasteiger partial charge in [0.05, 0.1) is 0 Å². The molecule has 21 heavy (non-hydrogen) atoms. The lowest BCUT2D eigenvalue weighted by atomic mass is 10.1. The van der Waals surface area contributed by atoms with Gasteiger partial charge in [-0.2, -0.15) is 8.78 Å². The maximum atomic E-state index is 12.0. The van der Waals surface area contributed by atoms with Crippen LogP contribution in [-0.2, 0) is 5.88 Å². The van der Waals surface area contributed by atoms with Gasteiger partial charge in [-0.05, 0) is 42.0 Å². The molecule has 0 saturated heterocycles. The van der Waals surface area contributed by atoms with Crippen LogP contribution in [0.15, 0.2) is 48.5 Å². The van der Waals surface area contributed by atoms with Crippen molar-refractivity contribution < 1.29 is 18.3 Å². The molecular weight excluding hydrogens is 300 g/mol. The van der Waals surface area contributed by atoms with E-state index < -0.39 is 6.61 Å². The van der Waals surface area contributed by atoms with E-state index in [4.69, 9.17) is 11.6 Å². The van der Waals surface area contributed by atoms with Gasteiger partial charge < -0.3 is 10.1 Å². The highest BCUT2D eigenvalue weighted by Gasteiger charge is 2.08. The second-order valence-electron chi connectivity index (χ2n) is 4.19. The van der Waals surface area contributed by atoms with E-state index in [0.29, 0.717) is 17.1 Å². The summed E-state index contributed by atoms with van der Waals surface area (Å²) in [5.41, 5.74) is 1.80. The van der Waals surface area contributed by atoms with Crippen molar-refractivity contribution in [2.45, 2.75) is 12.5 Å². The van der Waals surface area contributed by atoms with E-state index >= 15 is 0 Å². The van der Waals surface area contributed by atoms with Gasteiger partial charge >= 0.3 is 6.61 Å². The molecule has 0 spiro atoms. The van der Waals surface area contributed by atoms with E-state index in [0.717, 1.165) is 5.56 Å². The average molecular weight is 312 g/mol. The molecule has 0 saturated carbocycles. The molecular formula is C15H12ClF2NO2.